The Bertz CT molecular complexity index is 885. The molecule has 0 aliphatic heterocycles. The third kappa shape index (κ3) is 3.52. The molecule has 3 aromatic rings. The molecule has 1 heterocycles. The highest BCUT2D eigenvalue weighted by Gasteiger charge is 2.12. The van der Waals surface area contributed by atoms with Crippen LogP contribution in [0.5, 0.6) is 6.01 Å². The first kappa shape index (κ1) is 16.7. The molecule has 2 aromatic carbocycles. The van der Waals surface area contributed by atoms with Crippen LogP contribution in [-0.2, 0) is 13.0 Å². The maximum Gasteiger partial charge on any atom is 0.336 e. The lowest BCUT2D eigenvalue weighted by Crippen LogP contribution is -2.04. The third-order valence-electron chi connectivity index (χ3n) is 4.00. The van der Waals surface area contributed by atoms with Crippen LogP contribution < -0.4 is 4.74 Å². The van der Waals surface area contributed by atoms with Gasteiger partial charge in [-0.2, -0.15) is 4.98 Å². The van der Waals surface area contributed by atoms with E-state index < -0.39 is 5.97 Å². The minimum absolute atomic E-state index is 0.297. The Labute approximate surface area is 145 Å². The van der Waals surface area contributed by atoms with Crippen LogP contribution >= 0.6 is 0 Å². The van der Waals surface area contributed by atoms with Crippen LogP contribution in [0, 0.1) is 0 Å². The second-order valence-corrected chi connectivity index (χ2v) is 5.55. The molecular formula is C19H19N3O3. The van der Waals surface area contributed by atoms with Gasteiger partial charge in [0.05, 0.1) is 12.7 Å². The SMILES string of the molecule is CCn1nc(OC)nc1Cc1ccc(-c2ccccc2C(=O)O)cc1. The first-order chi connectivity index (χ1) is 12.1. The molecule has 0 atom stereocenters. The lowest BCUT2D eigenvalue weighted by Gasteiger charge is -2.08. The number of nitrogens with zero attached hydrogens (tertiary/aromatic N) is 3. The van der Waals surface area contributed by atoms with Crippen molar-refractivity contribution in [2.45, 2.75) is 19.9 Å². The Hall–Kier alpha value is -3.15. The molecule has 128 valence electrons. The monoisotopic (exact) mass is 337 g/mol. The number of hydrogen-bond acceptors (Lipinski definition) is 4. The molecule has 0 fully saturated rings. The van der Waals surface area contributed by atoms with Crippen molar-refractivity contribution in [2.24, 2.45) is 0 Å². The van der Waals surface area contributed by atoms with Gasteiger partial charge in [-0.05, 0) is 29.7 Å². The van der Waals surface area contributed by atoms with Gasteiger partial charge in [0.15, 0.2) is 0 Å². The lowest BCUT2D eigenvalue weighted by molar-refractivity contribution is 0.0697. The Morgan fingerprint density at radius 2 is 1.88 bits per heavy atom. The third-order valence-corrected chi connectivity index (χ3v) is 4.00. The summed E-state index contributed by atoms with van der Waals surface area (Å²) in [5.41, 5.74) is 2.95. The number of rotatable bonds is 6. The fourth-order valence-corrected chi connectivity index (χ4v) is 2.73. The molecule has 0 unspecified atom stereocenters. The molecule has 6 heteroatoms. The van der Waals surface area contributed by atoms with Gasteiger partial charge >= 0.3 is 12.0 Å². The van der Waals surface area contributed by atoms with E-state index in [1.54, 1.807) is 19.2 Å². The summed E-state index contributed by atoms with van der Waals surface area (Å²) in [6.45, 7) is 2.72. The second kappa shape index (κ2) is 7.17. The number of aryl methyl sites for hydroxylation is 1. The fraction of sp³-hybridized carbons (Fsp3) is 0.211. The zero-order chi connectivity index (χ0) is 17.8. The number of benzene rings is 2. The molecule has 1 N–H and O–H groups in total. The van der Waals surface area contributed by atoms with Crippen LogP contribution in [0.4, 0.5) is 0 Å². The second-order valence-electron chi connectivity index (χ2n) is 5.55. The zero-order valence-electron chi connectivity index (χ0n) is 14.1. The number of carboxylic acids is 1. The van der Waals surface area contributed by atoms with Crippen molar-refractivity contribution < 1.29 is 14.6 Å². The first-order valence-corrected chi connectivity index (χ1v) is 8.01. The van der Waals surface area contributed by atoms with Crippen molar-refractivity contribution in [1.82, 2.24) is 14.8 Å². The molecule has 0 spiro atoms. The van der Waals surface area contributed by atoms with E-state index in [-0.39, 0.29) is 0 Å². The highest BCUT2D eigenvalue weighted by Crippen LogP contribution is 2.24. The maximum atomic E-state index is 11.4. The van der Waals surface area contributed by atoms with E-state index in [0.29, 0.717) is 23.6 Å². The summed E-state index contributed by atoms with van der Waals surface area (Å²) < 4.78 is 6.90. The number of aromatic carboxylic acids is 1. The van der Waals surface area contributed by atoms with Crippen molar-refractivity contribution >= 4 is 5.97 Å². The molecule has 0 radical (unpaired) electrons. The van der Waals surface area contributed by atoms with E-state index in [0.717, 1.165) is 23.5 Å². The van der Waals surface area contributed by atoms with E-state index in [1.807, 2.05) is 48.0 Å². The summed E-state index contributed by atoms with van der Waals surface area (Å²) in [7, 11) is 1.55. The summed E-state index contributed by atoms with van der Waals surface area (Å²) in [5.74, 6) is -0.0964. The molecule has 25 heavy (non-hydrogen) atoms. The predicted octanol–water partition coefficient (Wildman–Crippen LogP) is 3.26. The van der Waals surface area contributed by atoms with Crippen molar-refractivity contribution in [1.29, 1.82) is 0 Å². The van der Waals surface area contributed by atoms with Crippen LogP contribution in [0.2, 0.25) is 0 Å². The Morgan fingerprint density at radius 1 is 1.16 bits per heavy atom. The molecule has 3 rings (SSSR count). The van der Waals surface area contributed by atoms with Gasteiger partial charge in [-0.3, -0.25) is 0 Å². The van der Waals surface area contributed by atoms with Crippen LogP contribution in [0.3, 0.4) is 0 Å². The molecule has 0 aliphatic rings. The molecule has 1 aromatic heterocycles. The van der Waals surface area contributed by atoms with Gasteiger partial charge in [-0.1, -0.05) is 42.5 Å². The fourth-order valence-electron chi connectivity index (χ4n) is 2.73. The summed E-state index contributed by atoms with van der Waals surface area (Å²) in [6, 6.07) is 15.2. The predicted molar refractivity (Wildman–Crippen MR) is 93.9 cm³/mol. The van der Waals surface area contributed by atoms with Crippen LogP contribution in [0.1, 0.15) is 28.7 Å². The van der Waals surface area contributed by atoms with E-state index in [9.17, 15) is 9.90 Å². The lowest BCUT2D eigenvalue weighted by atomic mass is 9.98. The van der Waals surface area contributed by atoms with Gasteiger partial charge in [0.1, 0.15) is 5.82 Å². The normalized spacial score (nSPS) is 10.6. The Balaban J connectivity index is 1.86. The van der Waals surface area contributed by atoms with Gasteiger partial charge in [-0.25, -0.2) is 9.48 Å². The first-order valence-electron chi connectivity index (χ1n) is 8.01. The van der Waals surface area contributed by atoms with Crippen molar-refractivity contribution in [3.05, 3.63) is 65.5 Å². The molecule has 0 saturated carbocycles. The van der Waals surface area contributed by atoms with Crippen LogP contribution in [-0.4, -0.2) is 33.0 Å². The Kier molecular flexibility index (Phi) is 4.79. The molecule has 6 nitrogen and oxygen atoms in total. The summed E-state index contributed by atoms with van der Waals surface area (Å²) in [5, 5.41) is 13.6. The molecular weight excluding hydrogens is 318 g/mol. The number of ether oxygens (including phenoxy) is 1. The van der Waals surface area contributed by atoms with Crippen molar-refractivity contribution in [3.63, 3.8) is 0 Å². The van der Waals surface area contributed by atoms with Crippen LogP contribution in [0.25, 0.3) is 11.1 Å². The summed E-state index contributed by atoms with van der Waals surface area (Å²) in [6.07, 6.45) is 0.630. The molecule has 0 amide bonds. The smallest absolute Gasteiger partial charge is 0.336 e. The van der Waals surface area contributed by atoms with Crippen molar-refractivity contribution in [2.75, 3.05) is 7.11 Å². The van der Waals surface area contributed by atoms with Crippen molar-refractivity contribution in [3.8, 4) is 17.1 Å². The average Bonchev–Trinajstić information content (AvgIpc) is 3.04. The van der Waals surface area contributed by atoms with Gasteiger partial charge in [0.25, 0.3) is 0 Å². The molecule has 0 aliphatic carbocycles. The van der Waals surface area contributed by atoms with E-state index in [2.05, 4.69) is 10.1 Å². The number of carbonyl (C=O) groups is 1. The quantitative estimate of drug-likeness (QED) is 0.747. The molecule has 0 bridgehead atoms. The summed E-state index contributed by atoms with van der Waals surface area (Å²) >= 11 is 0. The van der Waals surface area contributed by atoms with E-state index in [4.69, 9.17) is 4.74 Å². The van der Waals surface area contributed by atoms with Crippen LogP contribution in [0.15, 0.2) is 48.5 Å². The highest BCUT2D eigenvalue weighted by molar-refractivity contribution is 5.95. The number of hydrogen-bond donors (Lipinski definition) is 1. The van der Waals surface area contributed by atoms with Gasteiger partial charge in [0, 0.05) is 13.0 Å². The maximum absolute atomic E-state index is 11.4. The Morgan fingerprint density at radius 3 is 2.52 bits per heavy atom. The van der Waals surface area contributed by atoms with E-state index >= 15 is 0 Å². The largest absolute Gasteiger partial charge is 0.478 e. The van der Waals surface area contributed by atoms with Gasteiger partial charge in [-0.15, -0.1) is 5.10 Å². The standard InChI is InChI=1S/C19H19N3O3/c1-3-22-17(20-19(21-22)25-2)12-13-8-10-14(11-9-13)15-6-4-5-7-16(15)18(23)24/h4-11H,3,12H2,1-2H3,(H,23,24). The molecule has 0 saturated heterocycles. The topological polar surface area (TPSA) is 77.2 Å². The number of methoxy groups -OCH3 is 1. The van der Waals surface area contributed by atoms with Gasteiger partial charge in [0.2, 0.25) is 0 Å². The minimum Gasteiger partial charge on any atom is -0.478 e. The highest BCUT2D eigenvalue weighted by atomic mass is 16.5. The van der Waals surface area contributed by atoms with Gasteiger partial charge < -0.3 is 9.84 Å². The number of aromatic nitrogens is 3. The zero-order valence-corrected chi connectivity index (χ0v) is 14.1. The minimum atomic E-state index is -0.928. The number of carboxylic acid groups (broad SMARTS) is 1. The summed E-state index contributed by atoms with van der Waals surface area (Å²) in [4.78, 5) is 15.7. The van der Waals surface area contributed by atoms with E-state index in [1.165, 1.54) is 0 Å². The average molecular weight is 337 g/mol.